The van der Waals surface area contributed by atoms with E-state index in [0.29, 0.717) is 5.41 Å². The molecule has 1 N–H and O–H groups in total. The second-order valence-electron chi connectivity index (χ2n) is 7.00. The van der Waals surface area contributed by atoms with Gasteiger partial charge in [0.2, 0.25) is 0 Å². The van der Waals surface area contributed by atoms with E-state index in [9.17, 15) is 0 Å². The molecule has 108 valence electrons. The molecule has 0 amide bonds. The van der Waals surface area contributed by atoms with Crippen molar-refractivity contribution in [3.63, 3.8) is 0 Å². The van der Waals surface area contributed by atoms with E-state index in [1.165, 1.54) is 50.0 Å². The van der Waals surface area contributed by atoms with Crippen LogP contribution in [0.5, 0.6) is 0 Å². The van der Waals surface area contributed by atoms with Crippen LogP contribution in [0.1, 0.15) is 66.2 Å². The maximum atomic E-state index is 3.71. The van der Waals surface area contributed by atoms with Gasteiger partial charge in [-0.3, -0.25) is 0 Å². The molecule has 0 saturated carbocycles. The van der Waals surface area contributed by atoms with Crippen molar-refractivity contribution in [1.82, 2.24) is 5.32 Å². The van der Waals surface area contributed by atoms with Crippen molar-refractivity contribution in [2.24, 2.45) is 11.3 Å². The smallest absolute Gasteiger partial charge is 0.00695 e. The van der Waals surface area contributed by atoms with Crippen LogP contribution < -0.4 is 5.32 Å². The van der Waals surface area contributed by atoms with Gasteiger partial charge in [-0.25, -0.2) is 0 Å². The van der Waals surface area contributed by atoms with Crippen LogP contribution in [0.2, 0.25) is 0 Å². The molecular formula is C16H33NS. The van der Waals surface area contributed by atoms with Gasteiger partial charge < -0.3 is 5.32 Å². The molecule has 18 heavy (non-hydrogen) atoms. The SMILES string of the molecule is CCNC(CCCC(C)(C)C)CC1CCSCC1. The zero-order valence-corrected chi connectivity index (χ0v) is 13.7. The summed E-state index contributed by atoms with van der Waals surface area (Å²) in [6.45, 7) is 10.4. The highest BCUT2D eigenvalue weighted by Crippen LogP contribution is 2.28. The van der Waals surface area contributed by atoms with Gasteiger partial charge in [0.15, 0.2) is 0 Å². The molecule has 0 radical (unpaired) electrons. The maximum absolute atomic E-state index is 3.71. The minimum atomic E-state index is 0.498. The average Bonchev–Trinajstić information content (AvgIpc) is 2.29. The third-order valence-corrected chi connectivity index (χ3v) is 4.98. The van der Waals surface area contributed by atoms with Crippen molar-refractivity contribution in [3.05, 3.63) is 0 Å². The van der Waals surface area contributed by atoms with E-state index in [-0.39, 0.29) is 0 Å². The Balaban J connectivity index is 2.25. The lowest BCUT2D eigenvalue weighted by molar-refractivity contribution is 0.313. The average molecular weight is 272 g/mol. The van der Waals surface area contributed by atoms with E-state index in [4.69, 9.17) is 0 Å². The van der Waals surface area contributed by atoms with Crippen molar-refractivity contribution in [2.75, 3.05) is 18.1 Å². The van der Waals surface area contributed by atoms with Crippen molar-refractivity contribution >= 4 is 11.8 Å². The van der Waals surface area contributed by atoms with Gasteiger partial charge >= 0.3 is 0 Å². The summed E-state index contributed by atoms with van der Waals surface area (Å²) in [5.74, 6) is 3.78. The Bertz CT molecular complexity index is 204. The first-order valence-corrected chi connectivity index (χ1v) is 8.98. The highest BCUT2D eigenvalue weighted by Gasteiger charge is 2.19. The molecule has 1 fully saturated rings. The first-order valence-electron chi connectivity index (χ1n) is 7.82. The summed E-state index contributed by atoms with van der Waals surface area (Å²) in [6, 6.07) is 0.769. The lowest BCUT2D eigenvalue weighted by Gasteiger charge is -2.27. The van der Waals surface area contributed by atoms with Crippen molar-refractivity contribution < 1.29 is 0 Å². The van der Waals surface area contributed by atoms with Crippen LogP contribution in [-0.2, 0) is 0 Å². The van der Waals surface area contributed by atoms with E-state index >= 15 is 0 Å². The lowest BCUT2D eigenvalue weighted by Crippen LogP contribution is -2.32. The highest BCUT2D eigenvalue weighted by molar-refractivity contribution is 7.99. The summed E-state index contributed by atoms with van der Waals surface area (Å²) >= 11 is 2.14. The normalized spacial score (nSPS) is 20.0. The van der Waals surface area contributed by atoms with Gasteiger partial charge in [-0.05, 0) is 61.5 Å². The lowest BCUT2D eigenvalue weighted by atomic mass is 9.87. The monoisotopic (exact) mass is 271 g/mol. The Kier molecular flexibility index (Phi) is 7.70. The Morgan fingerprint density at radius 1 is 1.22 bits per heavy atom. The molecule has 0 spiro atoms. The molecule has 2 heteroatoms. The fraction of sp³-hybridized carbons (Fsp3) is 1.00. The van der Waals surface area contributed by atoms with E-state index in [1.807, 2.05) is 0 Å². The van der Waals surface area contributed by atoms with Gasteiger partial charge in [-0.15, -0.1) is 0 Å². The Hall–Kier alpha value is 0.310. The van der Waals surface area contributed by atoms with Gasteiger partial charge in [-0.1, -0.05) is 34.1 Å². The number of nitrogens with one attached hydrogen (secondary N) is 1. The molecule has 0 aliphatic carbocycles. The summed E-state index contributed by atoms with van der Waals surface area (Å²) in [6.07, 6.45) is 8.42. The topological polar surface area (TPSA) is 12.0 Å². The Morgan fingerprint density at radius 2 is 1.89 bits per heavy atom. The predicted octanol–water partition coefficient (Wildman–Crippen LogP) is 4.71. The standard InChI is InChI=1S/C16H33NS/c1-5-17-15(7-6-10-16(2,3)4)13-14-8-11-18-12-9-14/h14-15,17H,5-13H2,1-4H3. The second-order valence-corrected chi connectivity index (χ2v) is 8.22. The zero-order valence-electron chi connectivity index (χ0n) is 12.9. The molecule has 1 saturated heterocycles. The van der Waals surface area contributed by atoms with Crippen LogP contribution in [0.15, 0.2) is 0 Å². The molecule has 1 unspecified atom stereocenters. The number of hydrogen-bond donors (Lipinski definition) is 1. The number of hydrogen-bond acceptors (Lipinski definition) is 2. The summed E-state index contributed by atoms with van der Waals surface area (Å²) in [4.78, 5) is 0. The molecule has 1 nitrogen and oxygen atoms in total. The minimum Gasteiger partial charge on any atom is -0.314 e. The number of thioether (sulfide) groups is 1. The third kappa shape index (κ3) is 7.68. The van der Waals surface area contributed by atoms with E-state index < -0.39 is 0 Å². The van der Waals surface area contributed by atoms with Crippen LogP contribution in [0.3, 0.4) is 0 Å². The van der Waals surface area contributed by atoms with Gasteiger partial charge in [0.1, 0.15) is 0 Å². The van der Waals surface area contributed by atoms with Gasteiger partial charge in [0.05, 0.1) is 0 Å². The van der Waals surface area contributed by atoms with Crippen LogP contribution >= 0.6 is 11.8 Å². The first kappa shape index (κ1) is 16.4. The van der Waals surface area contributed by atoms with Crippen LogP contribution in [0.25, 0.3) is 0 Å². The summed E-state index contributed by atoms with van der Waals surface area (Å²) in [5.41, 5.74) is 0.498. The molecule has 1 aliphatic heterocycles. The van der Waals surface area contributed by atoms with E-state index in [0.717, 1.165) is 18.5 Å². The fourth-order valence-electron chi connectivity index (χ4n) is 2.86. The predicted molar refractivity (Wildman–Crippen MR) is 85.4 cm³/mol. The molecule has 0 aromatic heterocycles. The summed E-state index contributed by atoms with van der Waals surface area (Å²) in [5, 5.41) is 3.71. The maximum Gasteiger partial charge on any atom is 0.00695 e. The van der Waals surface area contributed by atoms with Crippen LogP contribution in [-0.4, -0.2) is 24.1 Å². The largest absolute Gasteiger partial charge is 0.314 e. The molecule has 0 bridgehead atoms. The van der Waals surface area contributed by atoms with Gasteiger partial charge in [-0.2, -0.15) is 11.8 Å². The Labute approximate surface area is 119 Å². The van der Waals surface area contributed by atoms with E-state index in [1.54, 1.807) is 0 Å². The second kappa shape index (κ2) is 8.47. The molecule has 1 rings (SSSR count). The fourth-order valence-corrected chi connectivity index (χ4v) is 4.06. The Morgan fingerprint density at radius 3 is 2.44 bits per heavy atom. The third-order valence-electron chi connectivity index (χ3n) is 3.93. The van der Waals surface area contributed by atoms with Crippen LogP contribution in [0, 0.1) is 11.3 Å². The molecule has 1 aliphatic rings. The van der Waals surface area contributed by atoms with Crippen LogP contribution in [0.4, 0.5) is 0 Å². The molecule has 1 atom stereocenters. The molecular weight excluding hydrogens is 238 g/mol. The highest BCUT2D eigenvalue weighted by atomic mass is 32.2. The van der Waals surface area contributed by atoms with Gasteiger partial charge in [0.25, 0.3) is 0 Å². The van der Waals surface area contributed by atoms with Crippen molar-refractivity contribution in [2.45, 2.75) is 72.3 Å². The van der Waals surface area contributed by atoms with Gasteiger partial charge in [0, 0.05) is 6.04 Å². The quantitative estimate of drug-likeness (QED) is 0.719. The number of rotatable bonds is 7. The molecule has 0 aromatic carbocycles. The zero-order chi connectivity index (χ0) is 13.4. The summed E-state index contributed by atoms with van der Waals surface area (Å²) < 4.78 is 0. The van der Waals surface area contributed by atoms with E-state index in [2.05, 4.69) is 44.8 Å². The molecule has 0 aromatic rings. The van der Waals surface area contributed by atoms with Crippen molar-refractivity contribution in [1.29, 1.82) is 0 Å². The van der Waals surface area contributed by atoms with Crippen molar-refractivity contribution in [3.8, 4) is 0 Å². The first-order chi connectivity index (χ1) is 8.51. The summed E-state index contributed by atoms with van der Waals surface area (Å²) in [7, 11) is 0. The molecule has 1 heterocycles. The minimum absolute atomic E-state index is 0.498.